The first-order valence-electron chi connectivity index (χ1n) is 11.3. The molecule has 2 aromatic heterocycles. The van der Waals surface area contributed by atoms with Gasteiger partial charge in [-0.3, -0.25) is 9.78 Å². The number of nitrogens with one attached hydrogen (secondary N) is 1. The molecule has 6 nitrogen and oxygen atoms in total. The first kappa shape index (κ1) is 20.8. The molecule has 2 heterocycles. The third-order valence-corrected chi connectivity index (χ3v) is 6.71. The Kier molecular flexibility index (Phi) is 6.32. The van der Waals surface area contributed by atoms with Gasteiger partial charge in [0.25, 0.3) is 5.91 Å². The van der Waals surface area contributed by atoms with E-state index < -0.39 is 0 Å². The zero-order valence-corrected chi connectivity index (χ0v) is 17.8. The summed E-state index contributed by atoms with van der Waals surface area (Å²) in [6, 6.07) is 5.99. The van der Waals surface area contributed by atoms with Crippen LogP contribution in [0.3, 0.4) is 0 Å². The Hall–Kier alpha value is -2.47. The second-order valence-electron chi connectivity index (χ2n) is 9.20. The molecule has 30 heavy (non-hydrogen) atoms. The van der Waals surface area contributed by atoms with Gasteiger partial charge in [-0.2, -0.15) is 0 Å². The van der Waals surface area contributed by atoms with Crippen LogP contribution in [0.1, 0.15) is 91.9 Å². The number of aromatic nitrogens is 2. The summed E-state index contributed by atoms with van der Waals surface area (Å²) < 4.78 is 0. The van der Waals surface area contributed by atoms with Crippen LogP contribution in [0.4, 0.5) is 11.4 Å². The number of nitrogens with zero attached hydrogens (tertiary/aromatic N) is 2. The van der Waals surface area contributed by atoms with Crippen LogP contribution in [-0.2, 0) is 0 Å². The van der Waals surface area contributed by atoms with Crippen molar-refractivity contribution in [1.82, 2.24) is 9.97 Å². The van der Waals surface area contributed by atoms with Gasteiger partial charge in [-0.25, -0.2) is 4.98 Å². The molecule has 160 valence electrons. The standard InChI is InChI=1S/C24H33N5O/c1-15-11-17(13-18(25)12-15)19-9-10-27-14-22(19)29-24(30)23-20(26)7-8-21(28-23)16-5-3-2-4-6-16/h7-10,14-18H,2-6,11-13,25-26H2,1H3,(H,29,30). The Bertz CT molecular complexity index is 883. The Morgan fingerprint density at radius 2 is 1.87 bits per heavy atom. The van der Waals surface area contributed by atoms with Crippen LogP contribution in [0, 0.1) is 5.92 Å². The summed E-state index contributed by atoms with van der Waals surface area (Å²) in [4.78, 5) is 22.0. The quantitative estimate of drug-likeness (QED) is 0.687. The molecular weight excluding hydrogens is 374 g/mol. The van der Waals surface area contributed by atoms with Crippen molar-refractivity contribution >= 4 is 17.3 Å². The van der Waals surface area contributed by atoms with Gasteiger partial charge in [0.15, 0.2) is 5.69 Å². The van der Waals surface area contributed by atoms with Gasteiger partial charge >= 0.3 is 0 Å². The number of carbonyl (C=O) groups is 1. The first-order valence-corrected chi connectivity index (χ1v) is 11.3. The maximum Gasteiger partial charge on any atom is 0.276 e. The van der Waals surface area contributed by atoms with Crippen LogP contribution in [0.15, 0.2) is 30.6 Å². The smallest absolute Gasteiger partial charge is 0.276 e. The van der Waals surface area contributed by atoms with Crippen LogP contribution >= 0.6 is 0 Å². The number of anilines is 2. The second kappa shape index (κ2) is 9.13. The predicted octanol–water partition coefficient (Wildman–Crippen LogP) is 4.59. The molecule has 5 N–H and O–H groups in total. The molecule has 0 aliphatic heterocycles. The normalized spacial score (nSPS) is 25.1. The summed E-state index contributed by atoms with van der Waals surface area (Å²) in [5.74, 6) is 1.04. The largest absolute Gasteiger partial charge is 0.397 e. The van der Waals surface area contributed by atoms with E-state index in [4.69, 9.17) is 11.5 Å². The summed E-state index contributed by atoms with van der Waals surface area (Å²) >= 11 is 0. The molecular formula is C24H33N5O. The van der Waals surface area contributed by atoms with Crippen LogP contribution in [0.5, 0.6) is 0 Å². The second-order valence-corrected chi connectivity index (χ2v) is 9.20. The van der Waals surface area contributed by atoms with Crippen LogP contribution < -0.4 is 16.8 Å². The fraction of sp³-hybridized carbons (Fsp3) is 0.542. The molecule has 0 saturated heterocycles. The number of hydrogen-bond donors (Lipinski definition) is 3. The highest BCUT2D eigenvalue weighted by Gasteiger charge is 2.28. The molecule has 2 fully saturated rings. The van der Waals surface area contributed by atoms with Crippen LogP contribution in [0.2, 0.25) is 0 Å². The monoisotopic (exact) mass is 407 g/mol. The minimum absolute atomic E-state index is 0.194. The summed E-state index contributed by atoms with van der Waals surface area (Å²) in [5, 5.41) is 3.04. The Labute approximate surface area is 178 Å². The van der Waals surface area contributed by atoms with Gasteiger partial charge in [-0.1, -0.05) is 26.2 Å². The highest BCUT2D eigenvalue weighted by Crippen LogP contribution is 2.38. The first-order chi connectivity index (χ1) is 14.5. The summed E-state index contributed by atoms with van der Waals surface area (Å²) in [5.41, 5.74) is 15.9. The third kappa shape index (κ3) is 4.64. The summed E-state index contributed by atoms with van der Waals surface area (Å²) in [7, 11) is 0. The molecule has 4 rings (SSSR count). The van der Waals surface area contributed by atoms with E-state index in [0.29, 0.717) is 29.1 Å². The van der Waals surface area contributed by atoms with E-state index in [0.717, 1.165) is 49.0 Å². The van der Waals surface area contributed by atoms with Gasteiger partial charge in [0.2, 0.25) is 0 Å². The average molecular weight is 408 g/mol. The molecule has 0 aromatic carbocycles. The minimum Gasteiger partial charge on any atom is -0.397 e. The number of rotatable bonds is 4. The molecule has 2 aliphatic rings. The minimum atomic E-state index is -0.271. The van der Waals surface area contributed by atoms with E-state index in [1.54, 1.807) is 12.4 Å². The Balaban J connectivity index is 1.56. The SMILES string of the molecule is CC1CC(N)CC(c2ccncc2NC(=O)c2nc(C3CCCCC3)ccc2N)C1. The van der Waals surface area contributed by atoms with E-state index in [9.17, 15) is 4.79 Å². The van der Waals surface area contributed by atoms with Crippen molar-refractivity contribution in [2.75, 3.05) is 11.1 Å². The Morgan fingerprint density at radius 3 is 2.63 bits per heavy atom. The summed E-state index contributed by atoms with van der Waals surface area (Å²) in [6.07, 6.45) is 12.5. The zero-order valence-electron chi connectivity index (χ0n) is 17.8. The molecule has 6 heteroatoms. The van der Waals surface area contributed by atoms with Crippen molar-refractivity contribution in [3.05, 3.63) is 47.5 Å². The highest BCUT2D eigenvalue weighted by atomic mass is 16.1. The van der Waals surface area contributed by atoms with Crippen LogP contribution in [0.25, 0.3) is 0 Å². The molecule has 1 amide bonds. The van der Waals surface area contributed by atoms with Crippen molar-refractivity contribution in [1.29, 1.82) is 0 Å². The molecule has 0 bridgehead atoms. The lowest BCUT2D eigenvalue weighted by Crippen LogP contribution is -2.31. The highest BCUT2D eigenvalue weighted by molar-refractivity contribution is 6.06. The maximum atomic E-state index is 13.1. The number of carbonyl (C=O) groups excluding carboxylic acids is 1. The molecule has 2 aliphatic carbocycles. The summed E-state index contributed by atoms with van der Waals surface area (Å²) in [6.45, 7) is 2.24. The van der Waals surface area contributed by atoms with E-state index in [-0.39, 0.29) is 11.9 Å². The number of amides is 1. The number of pyridine rings is 2. The van der Waals surface area contributed by atoms with Crippen molar-refractivity contribution in [3.8, 4) is 0 Å². The molecule has 2 saturated carbocycles. The fourth-order valence-electron chi connectivity index (χ4n) is 5.25. The molecule has 0 spiro atoms. The van der Waals surface area contributed by atoms with E-state index in [1.807, 2.05) is 18.2 Å². The van der Waals surface area contributed by atoms with Gasteiger partial charge in [-0.05, 0) is 67.7 Å². The van der Waals surface area contributed by atoms with E-state index in [1.165, 1.54) is 19.3 Å². The van der Waals surface area contributed by atoms with E-state index in [2.05, 4.69) is 22.2 Å². The molecule has 2 aromatic rings. The van der Waals surface area contributed by atoms with Crippen LogP contribution in [-0.4, -0.2) is 21.9 Å². The van der Waals surface area contributed by atoms with Gasteiger partial charge < -0.3 is 16.8 Å². The maximum absolute atomic E-state index is 13.1. The third-order valence-electron chi connectivity index (χ3n) is 6.71. The lowest BCUT2D eigenvalue weighted by molar-refractivity contribution is 0.102. The molecule has 3 unspecified atom stereocenters. The predicted molar refractivity (Wildman–Crippen MR) is 120 cm³/mol. The van der Waals surface area contributed by atoms with Crippen molar-refractivity contribution in [3.63, 3.8) is 0 Å². The average Bonchev–Trinajstić information content (AvgIpc) is 2.74. The lowest BCUT2D eigenvalue weighted by Gasteiger charge is -2.32. The number of nitrogen functional groups attached to an aromatic ring is 1. The van der Waals surface area contributed by atoms with Gasteiger partial charge in [-0.15, -0.1) is 0 Å². The van der Waals surface area contributed by atoms with Crippen molar-refractivity contribution in [2.45, 2.75) is 76.2 Å². The van der Waals surface area contributed by atoms with Gasteiger partial charge in [0.05, 0.1) is 17.6 Å². The molecule has 3 atom stereocenters. The van der Waals surface area contributed by atoms with Gasteiger partial charge in [0, 0.05) is 23.9 Å². The van der Waals surface area contributed by atoms with E-state index >= 15 is 0 Å². The fourth-order valence-corrected chi connectivity index (χ4v) is 5.25. The number of nitrogens with two attached hydrogens (primary N) is 2. The van der Waals surface area contributed by atoms with Crippen molar-refractivity contribution in [2.24, 2.45) is 11.7 Å². The Morgan fingerprint density at radius 1 is 1.07 bits per heavy atom. The number of hydrogen-bond acceptors (Lipinski definition) is 5. The molecule has 0 radical (unpaired) electrons. The van der Waals surface area contributed by atoms with Crippen molar-refractivity contribution < 1.29 is 4.79 Å². The van der Waals surface area contributed by atoms with Gasteiger partial charge in [0.1, 0.15) is 0 Å². The topological polar surface area (TPSA) is 107 Å². The zero-order chi connectivity index (χ0) is 21.1. The lowest BCUT2D eigenvalue weighted by atomic mass is 9.76.